The topological polar surface area (TPSA) is 54.4 Å². The molecule has 2 aromatic rings. The molecule has 2 aromatic carbocycles. The van der Waals surface area contributed by atoms with Crippen LogP contribution in [0.1, 0.15) is 0 Å². The number of fused-ring (bicyclic) bond motifs is 1. The van der Waals surface area contributed by atoms with Gasteiger partial charge in [0.1, 0.15) is 0 Å². The summed E-state index contributed by atoms with van der Waals surface area (Å²) in [5, 5.41) is 2.62. The highest BCUT2D eigenvalue weighted by molar-refractivity contribution is 8.09. The highest BCUT2D eigenvalue weighted by Crippen LogP contribution is 2.11. The molecule has 0 aliphatic rings. The smallest absolute Gasteiger partial charge is 0.273 e. The van der Waals surface area contributed by atoms with Gasteiger partial charge in [-0.15, -0.1) is 0 Å². The Kier molecular flexibility index (Phi) is 4.08. The number of rotatable bonds is 0. The number of halogens is 1. The van der Waals surface area contributed by atoms with Crippen LogP contribution in [0.25, 0.3) is 10.8 Å². The molecule has 0 saturated heterocycles. The molecule has 0 unspecified atom stereocenters. The van der Waals surface area contributed by atoms with Gasteiger partial charge in [-0.2, -0.15) is 8.42 Å². The molecule has 15 heavy (non-hydrogen) atoms. The van der Waals surface area contributed by atoms with Crippen LogP contribution in [-0.4, -0.2) is 13.0 Å². The average Bonchev–Trinajstić information content (AvgIpc) is 2.16. The molecular formula is C10H9ClO3S. The molecule has 0 radical (unpaired) electrons. The monoisotopic (exact) mass is 244 g/mol. The van der Waals surface area contributed by atoms with Crippen LogP contribution in [0, 0.1) is 0 Å². The zero-order chi connectivity index (χ0) is 11.3. The van der Waals surface area contributed by atoms with Gasteiger partial charge in [0.2, 0.25) is 0 Å². The summed E-state index contributed by atoms with van der Waals surface area (Å²) in [7, 11) is -0.137. The number of hydrogen-bond acceptors (Lipinski definition) is 2. The first kappa shape index (κ1) is 12.0. The quantitative estimate of drug-likeness (QED) is 0.573. The summed E-state index contributed by atoms with van der Waals surface area (Å²) in [5.74, 6) is 0. The molecule has 0 heterocycles. The van der Waals surface area contributed by atoms with Gasteiger partial charge in [0.25, 0.3) is 0 Å². The second-order valence-electron chi connectivity index (χ2n) is 2.76. The van der Waals surface area contributed by atoms with Crippen LogP contribution in [0.5, 0.6) is 0 Å². The normalized spacial score (nSPS) is 10.5. The van der Waals surface area contributed by atoms with Gasteiger partial charge in [0.15, 0.2) is 0 Å². The molecule has 0 bridgehead atoms. The van der Waals surface area contributed by atoms with E-state index in [-0.39, 0.29) is 0 Å². The number of hydrogen-bond donors (Lipinski definition) is 1. The zero-order valence-corrected chi connectivity index (χ0v) is 9.24. The van der Waals surface area contributed by atoms with Crippen LogP contribution < -0.4 is 0 Å². The van der Waals surface area contributed by atoms with E-state index >= 15 is 0 Å². The Balaban J connectivity index is 0.000000195. The number of benzene rings is 2. The first-order valence-electron chi connectivity index (χ1n) is 4.07. The maximum atomic E-state index is 8.95. The molecule has 0 amide bonds. The van der Waals surface area contributed by atoms with Crippen LogP contribution in [0.4, 0.5) is 0 Å². The SMILES string of the molecule is O=S(=O)(O)Cl.c1ccc2ccccc2c1. The Morgan fingerprint density at radius 3 is 1.27 bits per heavy atom. The molecule has 0 aliphatic carbocycles. The summed E-state index contributed by atoms with van der Waals surface area (Å²) in [4.78, 5) is 0. The van der Waals surface area contributed by atoms with E-state index in [0.717, 1.165) is 0 Å². The molecule has 0 atom stereocenters. The van der Waals surface area contributed by atoms with Crippen LogP contribution >= 0.6 is 10.7 Å². The van der Waals surface area contributed by atoms with Gasteiger partial charge >= 0.3 is 9.33 Å². The van der Waals surface area contributed by atoms with E-state index in [4.69, 9.17) is 13.0 Å². The predicted octanol–water partition coefficient (Wildman–Crippen LogP) is 2.87. The van der Waals surface area contributed by atoms with E-state index in [0.29, 0.717) is 0 Å². The lowest BCUT2D eigenvalue weighted by Gasteiger charge is -1.92. The molecule has 0 aromatic heterocycles. The van der Waals surface area contributed by atoms with Crippen LogP contribution in [-0.2, 0) is 9.33 Å². The third-order valence-electron chi connectivity index (χ3n) is 1.66. The fourth-order valence-electron chi connectivity index (χ4n) is 1.13. The highest BCUT2D eigenvalue weighted by Gasteiger charge is 1.87. The van der Waals surface area contributed by atoms with Gasteiger partial charge in [0.05, 0.1) is 0 Å². The molecule has 0 aliphatic heterocycles. The molecule has 80 valence electrons. The molecule has 1 N–H and O–H groups in total. The van der Waals surface area contributed by atoms with Crippen molar-refractivity contribution in [1.82, 2.24) is 0 Å². The Bertz CT molecular complexity index is 464. The fraction of sp³-hybridized carbons (Fsp3) is 0. The molecular weight excluding hydrogens is 236 g/mol. The molecule has 2 rings (SSSR count). The Hall–Kier alpha value is -1.10. The van der Waals surface area contributed by atoms with Gasteiger partial charge in [-0.3, -0.25) is 4.55 Å². The summed E-state index contributed by atoms with van der Waals surface area (Å²) < 4.78 is 25.2. The summed E-state index contributed by atoms with van der Waals surface area (Å²) in [6.45, 7) is 0. The van der Waals surface area contributed by atoms with Crippen molar-refractivity contribution >= 4 is 30.8 Å². The first-order valence-corrected chi connectivity index (χ1v) is 6.34. The van der Waals surface area contributed by atoms with Crippen LogP contribution in [0.2, 0.25) is 0 Å². The largest absolute Gasteiger partial charge is 0.353 e. The summed E-state index contributed by atoms with van der Waals surface area (Å²) in [6, 6.07) is 16.7. The van der Waals surface area contributed by atoms with Crippen molar-refractivity contribution in [3.8, 4) is 0 Å². The third-order valence-corrected chi connectivity index (χ3v) is 1.66. The minimum absolute atomic E-state index is 1.31. The molecule has 0 saturated carbocycles. The zero-order valence-electron chi connectivity index (χ0n) is 7.67. The average molecular weight is 245 g/mol. The summed E-state index contributed by atoms with van der Waals surface area (Å²) in [5.41, 5.74) is 0. The molecule has 3 nitrogen and oxygen atoms in total. The van der Waals surface area contributed by atoms with Crippen molar-refractivity contribution in [3.05, 3.63) is 48.5 Å². The van der Waals surface area contributed by atoms with Crippen LogP contribution in [0.3, 0.4) is 0 Å². The van der Waals surface area contributed by atoms with Gasteiger partial charge in [-0.25, -0.2) is 0 Å². The first-order chi connectivity index (χ1) is 6.97. The van der Waals surface area contributed by atoms with Crippen molar-refractivity contribution in [1.29, 1.82) is 0 Å². The maximum absolute atomic E-state index is 8.95. The minimum atomic E-state index is -4.19. The minimum Gasteiger partial charge on any atom is -0.273 e. The van der Waals surface area contributed by atoms with E-state index in [2.05, 4.69) is 59.2 Å². The summed E-state index contributed by atoms with van der Waals surface area (Å²) >= 11 is 0. The Morgan fingerprint density at radius 1 is 0.867 bits per heavy atom. The second kappa shape index (κ2) is 5.11. The Labute approximate surface area is 92.6 Å². The predicted molar refractivity (Wildman–Crippen MR) is 61.3 cm³/mol. The van der Waals surface area contributed by atoms with E-state index in [1.54, 1.807) is 0 Å². The van der Waals surface area contributed by atoms with E-state index in [1.807, 2.05) is 0 Å². The lowest BCUT2D eigenvalue weighted by molar-refractivity contribution is 0.501. The molecule has 5 heteroatoms. The van der Waals surface area contributed by atoms with Gasteiger partial charge in [-0.05, 0) is 10.8 Å². The van der Waals surface area contributed by atoms with Gasteiger partial charge in [-0.1, -0.05) is 48.5 Å². The molecule has 0 spiro atoms. The van der Waals surface area contributed by atoms with Crippen molar-refractivity contribution in [2.75, 3.05) is 0 Å². The standard InChI is InChI=1S/C10H8.ClHO3S/c1-2-6-10-8-4-3-7-9(10)5-1;1-5(2,3)4/h1-8H;(H,2,3,4). The van der Waals surface area contributed by atoms with Crippen molar-refractivity contribution in [2.45, 2.75) is 0 Å². The van der Waals surface area contributed by atoms with Crippen molar-refractivity contribution in [3.63, 3.8) is 0 Å². The summed E-state index contributed by atoms with van der Waals surface area (Å²) in [6.07, 6.45) is 0. The third kappa shape index (κ3) is 5.37. The highest BCUT2D eigenvalue weighted by atomic mass is 35.7. The second-order valence-corrected chi connectivity index (χ2v) is 4.75. The lowest BCUT2D eigenvalue weighted by atomic mass is 10.1. The Morgan fingerprint density at radius 2 is 1.07 bits per heavy atom. The fourth-order valence-corrected chi connectivity index (χ4v) is 1.13. The van der Waals surface area contributed by atoms with E-state index in [1.165, 1.54) is 10.8 Å². The molecule has 0 fully saturated rings. The van der Waals surface area contributed by atoms with Gasteiger partial charge in [0, 0.05) is 10.7 Å². The maximum Gasteiger partial charge on any atom is 0.353 e. The lowest BCUT2D eigenvalue weighted by Crippen LogP contribution is -1.77. The van der Waals surface area contributed by atoms with Crippen LogP contribution in [0.15, 0.2) is 48.5 Å². The van der Waals surface area contributed by atoms with Crippen molar-refractivity contribution in [2.24, 2.45) is 0 Å². The van der Waals surface area contributed by atoms with Gasteiger partial charge < -0.3 is 0 Å². The van der Waals surface area contributed by atoms with E-state index < -0.39 is 9.33 Å². The van der Waals surface area contributed by atoms with E-state index in [9.17, 15) is 0 Å². The van der Waals surface area contributed by atoms with Crippen molar-refractivity contribution < 1.29 is 13.0 Å².